The maximum absolute atomic E-state index is 6.16. The number of rotatable bonds is 4. The van der Waals surface area contributed by atoms with Crippen LogP contribution in [0.25, 0.3) is 10.8 Å². The highest BCUT2D eigenvalue weighted by atomic mass is 16.5. The molecule has 1 aliphatic rings. The van der Waals surface area contributed by atoms with Crippen molar-refractivity contribution in [2.24, 2.45) is 0 Å². The molecule has 0 bridgehead atoms. The summed E-state index contributed by atoms with van der Waals surface area (Å²) in [5, 5.41) is 2.22. The molecule has 3 heteroatoms. The molecule has 1 aromatic heterocycles. The topological polar surface area (TPSA) is 25.6 Å². The highest BCUT2D eigenvalue weighted by Crippen LogP contribution is 2.25. The van der Waals surface area contributed by atoms with E-state index in [-0.39, 0.29) is 0 Å². The predicted octanol–water partition coefficient (Wildman–Crippen LogP) is 4.48. The SMILES string of the molecule is c1ccc(CN2CCC(Oc3ccc4cocc4c3)CC2)cc1. The highest BCUT2D eigenvalue weighted by molar-refractivity contribution is 5.82. The number of furan rings is 1. The summed E-state index contributed by atoms with van der Waals surface area (Å²) in [4.78, 5) is 2.51. The Morgan fingerprint density at radius 2 is 1.74 bits per heavy atom. The summed E-state index contributed by atoms with van der Waals surface area (Å²) < 4.78 is 11.4. The minimum Gasteiger partial charge on any atom is -0.490 e. The van der Waals surface area contributed by atoms with E-state index in [1.54, 1.807) is 12.5 Å². The van der Waals surface area contributed by atoms with Crippen molar-refractivity contribution in [1.29, 1.82) is 0 Å². The van der Waals surface area contributed by atoms with Crippen molar-refractivity contribution < 1.29 is 9.15 Å². The molecule has 1 fully saturated rings. The van der Waals surface area contributed by atoms with E-state index in [0.29, 0.717) is 6.10 Å². The molecule has 23 heavy (non-hydrogen) atoms. The molecule has 118 valence electrons. The van der Waals surface area contributed by atoms with Crippen LogP contribution >= 0.6 is 0 Å². The Hall–Kier alpha value is -2.26. The van der Waals surface area contributed by atoms with Gasteiger partial charge in [-0.25, -0.2) is 0 Å². The van der Waals surface area contributed by atoms with E-state index >= 15 is 0 Å². The molecule has 0 aliphatic carbocycles. The molecular formula is C20H21NO2. The Labute approximate surface area is 136 Å². The number of fused-ring (bicyclic) bond motifs is 1. The first-order valence-corrected chi connectivity index (χ1v) is 8.26. The summed E-state index contributed by atoms with van der Waals surface area (Å²) in [5.41, 5.74) is 1.39. The van der Waals surface area contributed by atoms with Crippen LogP contribution in [0.1, 0.15) is 18.4 Å². The van der Waals surface area contributed by atoms with Gasteiger partial charge in [0.05, 0.1) is 12.5 Å². The van der Waals surface area contributed by atoms with Crippen LogP contribution in [0, 0.1) is 0 Å². The number of benzene rings is 2. The summed E-state index contributed by atoms with van der Waals surface area (Å²) in [6.07, 6.45) is 6.00. The number of hydrogen-bond acceptors (Lipinski definition) is 3. The average Bonchev–Trinajstić information content (AvgIpc) is 3.05. The van der Waals surface area contributed by atoms with E-state index in [1.807, 2.05) is 6.07 Å². The Morgan fingerprint density at radius 3 is 2.57 bits per heavy atom. The van der Waals surface area contributed by atoms with Crippen molar-refractivity contribution >= 4 is 10.8 Å². The number of piperidine rings is 1. The fourth-order valence-electron chi connectivity index (χ4n) is 3.24. The summed E-state index contributed by atoms with van der Waals surface area (Å²) in [5.74, 6) is 0.945. The highest BCUT2D eigenvalue weighted by Gasteiger charge is 2.20. The standard InChI is InChI=1S/C20H21NO2/c1-2-4-16(5-3-1)13-21-10-8-19(9-11-21)23-20-7-6-17-14-22-15-18(17)12-20/h1-7,12,14-15,19H,8-11,13H2. The van der Waals surface area contributed by atoms with Gasteiger partial charge in [-0.3, -0.25) is 4.90 Å². The minimum absolute atomic E-state index is 0.311. The first kappa shape index (κ1) is 14.3. The van der Waals surface area contributed by atoms with Gasteiger partial charge < -0.3 is 9.15 Å². The van der Waals surface area contributed by atoms with Crippen LogP contribution in [0.5, 0.6) is 5.75 Å². The molecule has 2 heterocycles. The predicted molar refractivity (Wildman–Crippen MR) is 91.6 cm³/mol. The zero-order valence-electron chi connectivity index (χ0n) is 13.2. The van der Waals surface area contributed by atoms with Gasteiger partial charge in [0.15, 0.2) is 0 Å². The van der Waals surface area contributed by atoms with Gasteiger partial charge >= 0.3 is 0 Å². The molecule has 0 radical (unpaired) electrons. The molecule has 3 aromatic rings. The van der Waals surface area contributed by atoms with E-state index in [9.17, 15) is 0 Å². The third kappa shape index (κ3) is 3.40. The van der Waals surface area contributed by atoms with Crippen LogP contribution in [-0.4, -0.2) is 24.1 Å². The van der Waals surface area contributed by atoms with E-state index in [0.717, 1.165) is 49.0 Å². The lowest BCUT2D eigenvalue weighted by Crippen LogP contribution is -2.37. The minimum atomic E-state index is 0.311. The molecule has 0 N–H and O–H groups in total. The van der Waals surface area contributed by atoms with E-state index < -0.39 is 0 Å². The molecule has 1 aliphatic heterocycles. The summed E-state index contributed by atoms with van der Waals surface area (Å²) in [6.45, 7) is 3.22. The van der Waals surface area contributed by atoms with Gasteiger partial charge in [-0.1, -0.05) is 30.3 Å². The Bertz CT molecular complexity index is 757. The van der Waals surface area contributed by atoms with Crippen molar-refractivity contribution in [3.05, 3.63) is 66.6 Å². The van der Waals surface area contributed by atoms with E-state index in [2.05, 4.69) is 47.4 Å². The zero-order chi connectivity index (χ0) is 15.5. The molecule has 0 saturated carbocycles. The summed E-state index contributed by atoms with van der Waals surface area (Å²) in [6, 6.07) is 16.8. The van der Waals surface area contributed by atoms with Crippen LogP contribution in [0.2, 0.25) is 0 Å². The zero-order valence-corrected chi connectivity index (χ0v) is 13.2. The molecule has 1 saturated heterocycles. The molecule has 0 spiro atoms. The number of ether oxygens (including phenoxy) is 1. The van der Waals surface area contributed by atoms with E-state index in [4.69, 9.17) is 9.15 Å². The van der Waals surface area contributed by atoms with Gasteiger partial charge in [-0.15, -0.1) is 0 Å². The normalized spacial score (nSPS) is 16.7. The fraction of sp³-hybridized carbons (Fsp3) is 0.300. The maximum Gasteiger partial charge on any atom is 0.120 e. The van der Waals surface area contributed by atoms with Crippen molar-refractivity contribution in [1.82, 2.24) is 4.90 Å². The molecule has 4 rings (SSSR count). The van der Waals surface area contributed by atoms with E-state index in [1.165, 1.54) is 5.56 Å². The average molecular weight is 307 g/mol. The Morgan fingerprint density at radius 1 is 0.957 bits per heavy atom. The van der Waals surface area contributed by atoms with Gasteiger partial charge in [0, 0.05) is 30.4 Å². The number of likely N-dealkylation sites (tertiary alicyclic amines) is 1. The van der Waals surface area contributed by atoms with Crippen LogP contribution in [0.15, 0.2) is 65.5 Å². The third-order valence-corrected chi connectivity index (χ3v) is 4.53. The number of nitrogens with zero attached hydrogens (tertiary/aromatic N) is 1. The van der Waals surface area contributed by atoms with Crippen molar-refractivity contribution in [3.8, 4) is 5.75 Å². The van der Waals surface area contributed by atoms with Gasteiger partial charge in [-0.05, 0) is 36.6 Å². The fourth-order valence-corrected chi connectivity index (χ4v) is 3.24. The second kappa shape index (κ2) is 6.47. The van der Waals surface area contributed by atoms with Crippen LogP contribution in [-0.2, 0) is 6.54 Å². The Balaban J connectivity index is 1.32. The lowest BCUT2D eigenvalue weighted by Gasteiger charge is -2.32. The maximum atomic E-state index is 6.16. The van der Waals surface area contributed by atoms with Gasteiger partial charge in [0.1, 0.15) is 11.9 Å². The van der Waals surface area contributed by atoms with Crippen molar-refractivity contribution in [2.45, 2.75) is 25.5 Å². The molecule has 3 nitrogen and oxygen atoms in total. The van der Waals surface area contributed by atoms with Gasteiger partial charge in [0.2, 0.25) is 0 Å². The van der Waals surface area contributed by atoms with Crippen LogP contribution in [0.3, 0.4) is 0 Å². The molecule has 0 unspecified atom stereocenters. The van der Waals surface area contributed by atoms with Crippen LogP contribution in [0.4, 0.5) is 0 Å². The smallest absolute Gasteiger partial charge is 0.120 e. The van der Waals surface area contributed by atoms with Crippen LogP contribution < -0.4 is 4.74 Å². The second-order valence-electron chi connectivity index (χ2n) is 6.24. The largest absolute Gasteiger partial charge is 0.490 e. The molecule has 2 aromatic carbocycles. The number of hydrogen-bond donors (Lipinski definition) is 0. The lowest BCUT2D eigenvalue weighted by molar-refractivity contribution is 0.0969. The first-order chi connectivity index (χ1) is 11.4. The van der Waals surface area contributed by atoms with Gasteiger partial charge in [-0.2, -0.15) is 0 Å². The molecule has 0 amide bonds. The third-order valence-electron chi connectivity index (χ3n) is 4.53. The van der Waals surface area contributed by atoms with Gasteiger partial charge in [0.25, 0.3) is 0 Å². The lowest BCUT2D eigenvalue weighted by atomic mass is 10.1. The summed E-state index contributed by atoms with van der Waals surface area (Å²) >= 11 is 0. The quantitative estimate of drug-likeness (QED) is 0.711. The first-order valence-electron chi connectivity index (χ1n) is 8.26. The van der Waals surface area contributed by atoms with Crippen molar-refractivity contribution in [3.63, 3.8) is 0 Å². The summed E-state index contributed by atoms with van der Waals surface area (Å²) in [7, 11) is 0. The molecular weight excluding hydrogens is 286 g/mol. The Kier molecular flexibility index (Phi) is 4.03. The molecule has 0 atom stereocenters. The second-order valence-corrected chi connectivity index (χ2v) is 6.24. The van der Waals surface area contributed by atoms with Crippen molar-refractivity contribution in [2.75, 3.05) is 13.1 Å². The monoisotopic (exact) mass is 307 g/mol.